The average Bonchev–Trinajstić information content (AvgIpc) is 2.56. The summed E-state index contributed by atoms with van der Waals surface area (Å²) >= 11 is 0. The molecule has 2 aromatic rings. The minimum atomic E-state index is 0.276. The summed E-state index contributed by atoms with van der Waals surface area (Å²) in [6.07, 6.45) is 1.23. The molecule has 0 saturated carbocycles. The summed E-state index contributed by atoms with van der Waals surface area (Å²) in [7, 11) is 0.276. The second-order valence-corrected chi connectivity index (χ2v) is 8.32. The number of carbonyl (C=O) groups excluding carboxylic acids is 1. The third kappa shape index (κ3) is 3.71. The average molecular weight is 314 g/mol. The summed E-state index contributed by atoms with van der Waals surface area (Å²) in [6.45, 7) is 5.78. The van der Waals surface area contributed by atoms with Gasteiger partial charge in [0, 0.05) is 18.7 Å². The standard InChI is InChI=1S/C19H24NOS/c1-2-9-20-10-12-22(13-11-20)15-19(21)18-8-7-16-5-3-4-6-17(16)14-18/h3-8,14H,2,9-13,15H2,1H3/q+1. The number of nitrogens with zero attached hydrogens (tertiary/aromatic N) is 1. The minimum Gasteiger partial charge on any atom is -0.294 e. The molecule has 0 radical (unpaired) electrons. The molecule has 0 unspecified atom stereocenters. The van der Waals surface area contributed by atoms with Crippen LogP contribution in [0, 0.1) is 0 Å². The predicted molar refractivity (Wildman–Crippen MR) is 97.0 cm³/mol. The molecule has 1 heterocycles. The van der Waals surface area contributed by atoms with Crippen molar-refractivity contribution >= 4 is 27.5 Å². The van der Waals surface area contributed by atoms with Gasteiger partial charge in [-0.1, -0.05) is 43.3 Å². The maximum absolute atomic E-state index is 12.6. The minimum absolute atomic E-state index is 0.276. The first-order chi connectivity index (χ1) is 10.8. The zero-order valence-electron chi connectivity index (χ0n) is 13.3. The number of hydrogen-bond acceptors (Lipinski definition) is 2. The maximum Gasteiger partial charge on any atom is 0.211 e. The van der Waals surface area contributed by atoms with Crippen LogP contribution in [0.1, 0.15) is 23.7 Å². The summed E-state index contributed by atoms with van der Waals surface area (Å²) < 4.78 is 0. The smallest absolute Gasteiger partial charge is 0.211 e. The predicted octanol–water partition coefficient (Wildman–Crippen LogP) is 3.37. The molecule has 0 aliphatic carbocycles. The topological polar surface area (TPSA) is 20.3 Å². The normalized spacial score (nSPS) is 17.0. The first-order valence-corrected chi connectivity index (χ1v) is 9.88. The lowest BCUT2D eigenvalue weighted by Gasteiger charge is -2.25. The van der Waals surface area contributed by atoms with E-state index in [1.807, 2.05) is 24.3 Å². The third-order valence-electron chi connectivity index (χ3n) is 4.34. The molecule has 3 heteroatoms. The molecule has 0 N–H and O–H groups in total. The Morgan fingerprint density at radius 3 is 2.55 bits per heavy atom. The van der Waals surface area contributed by atoms with Crippen LogP contribution in [0.3, 0.4) is 0 Å². The largest absolute Gasteiger partial charge is 0.294 e. The molecule has 0 aromatic heterocycles. The molecule has 2 aromatic carbocycles. The second-order valence-electron chi connectivity index (χ2n) is 5.99. The molecule has 1 aliphatic heterocycles. The van der Waals surface area contributed by atoms with Crippen molar-refractivity contribution in [2.75, 3.05) is 36.9 Å². The summed E-state index contributed by atoms with van der Waals surface area (Å²) in [5, 5.41) is 2.36. The second kappa shape index (κ2) is 7.30. The van der Waals surface area contributed by atoms with Crippen molar-refractivity contribution in [1.29, 1.82) is 0 Å². The first-order valence-electron chi connectivity index (χ1n) is 8.14. The summed E-state index contributed by atoms with van der Waals surface area (Å²) in [5.41, 5.74) is 0.877. The van der Waals surface area contributed by atoms with Crippen molar-refractivity contribution in [2.24, 2.45) is 0 Å². The lowest BCUT2D eigenvalue weighted by Crippen LogP contribution is -2.42. The van der Waals surface area contributed by atoms with Gasteiger partial charge < -0.3 is 0 Å². The SMILES string of the molecule is CCCN1CC[S+](CC(=O)c2ccc3ccccc3c2)CC1. The quantitative estimate of drug-likeness (QED) is 0.623. The Morgan fingerprint density at radius 1 is 1.09 bits per heavy atom. The molecule has 3 rings (SSSR count). The Hall–Kier alpha value is -1.32. The molecular formula is C19H24NOS+. The van der Waals surface area contributed by atoms with Gasteiger partial charge in [0.1, 0.15) is 11.5 Å². The molecule has 116 valence electrons. The van der Waals surface area contributed by atoms with E-state index in [0.717, 1.165) is 16.7 Å². The first kappa shape index (κ1) is 15.6. The number of fused-ring (bicyclic) bond motifs is 1. The highest BCUT2D eigenvalue weighted by Crippen LogP contribution is 2.17. The molecular weight excluding hydrogens is 290 g/mol. The Labute approximate surface area is 135 Å². The van der Waals surface area contributed by atoms with Gasteiger partial charge in [0.25, 0.3) is 0 Å². The zero-order chi connectivity index (χ0) is 15.4. The van der Waals surface area contributed by atoms with Crippen LogP contribution in [0.25, 0.3) is 10.8 Å². The number of benzene rings is 2. The van der Waals surface area contributed by atoms with E-state index in [1.54, 1.807) is 0 Å². The highest BCUT2D eigenvalue weighted by Gasteiger charge is 2.28. The lowest BCUT2D eigenvalue weighted by atomic mass is 10.1. The fourth-order valence-electron chi connectivity index (χ4n) is 3.05. The van der Waals surface area contributed by atoms with Crippen molar-refractivity contribution in [2.45, 2.75) is 13.3 Å². The molecule has 1 aliphatic rings. The van der Waals surface area contributed by atoms with Crippen LogP contribution in [-0.2, 0) is 10.9 Å². The molecule has 0 spiro atoms. The molecule has 0 atom stereocenters. The van der Waals surface area contributed by atoms with Crippen molar-refractivity contribution in [3.05, 3.63) is 48.0 Å². The highest BCUT2D eigenvalue weighted by molar-refractivity contribution is 7.97. The zero-order valence-corrected chi connectivity index (χ0v) is 14.1. The Bertz CT molecular complexity index is 647. The Kier molecular flexibility index (Phi) is 5.16. The van der Waals surface area contributed by atoms with Crippen LogP contribution in [0.15, 0.2) is 42.5 Å². The Morgan fingerprint density at radius 2 is 1.82 bits per heavy atom. The van der Waals surface area contributed by atoms with Crippen LogP contribution in [0.5, 0.6) is 0 Å². The monoisotopic (exact) mass is 314 g/mol. The van der Waals surface area contributed by atoms with Gasteiger partial charge in [0.05, 0.1) is 0 Å². The van der Waals surface area contributed by atoms with Crippen LogP contribution >= 0.6 is 0 Å². The van der Waals surface area contributed by atoms with Gasteiger partial charge >= 0.3 is 0 Å². The van der Waals surface area contributed by atoms with Crippen LogP contribution in [0.4, 0.5) is 0 Å². The molecule has 1 saturated heterocycles. The number of carbonyl (C=O) groups is 1. The summed E-state index contributed by atoms with van der Waals surface area (Å²) in [6, 6.07) is 14.3. The van der Waals surface area contributed by atoms with Gasteiger partial charge in [0.15, 0.2) is 5.75 Å². The number of hydrogen-bond donors (Lipinski definition) is 0. The van der Waals surface area contributed by atoms with Crippen LogP contribution in [-0.4, -0.2) is 47.6 Å². The van der Waals surface area contributed by atoms with Crippen molar-refractivity contribution in [3.8, 4) is 0 Å². The molecule has 0 bridgehead atoms. The summed E-state index contributed by atoms with van der Waals surface area (Å²) in [5.74, 6) is 3.44. The Balaban J connectivity index is 1.61. The van der Waals surface area contributed by atoms with E-state index in [4.69, 9.17) is 0 Å². The molecule has 0 amide bonds. The van der Waals surface area contributed by atoms with E-state index in [9.17, 15) is 4.79 Å². The highest BCUT2D eigenvalue weighted by atomic mass is 32.2. The van der Waals surface area contributed by atoms with Crippen molar-refractivity contribution < 1.29 is 4.79 Å². The van der Waals surface area contributed by atoms with E-state index >= 15 is 0 Å². The van der Waals surface area contributed by atoms with E-state index in [2.05, 4.69) is 30.0 Å². The van der Waals surface area contributed by atoms with Crippen molar-refractivity contribution in [3.63, 3.8) is 0 Å². The van der Waals surface area contributed by atoms with Gasteiger partial charge in [-0.3, -0.25) is 9.69 Å². The van der Waals surface area contributed by atoms with Gasteiger partial charge in [-0.05, 0) is 40.7 Å². The maximum atomic E-state index is 12.6. The molecule has 1 fully saturated rings. The van der Waals surface area contributed by atoms with Gasteiger partial charge in [0.2, 0.25) is 5.78 Å². The summed E-state index contributed by atoms with van der Waals surface area (Å²) in [4.78, 5) is 15.1. The van der Waals surface area contributed by atoms with Crippen LogP contribution in [0.2, 0.25) is 0 Å². The lowest BCUT2D eigenvalue weighted by molar-refractivity contribution is 0.102. The fourth-order valence-corrected chi connectivity index (χ4v) is 5.11. The number of Topliss-reactive ketones (excluding diaryl/α,β-unsaturated/α-hetero) is 1. The van der Waals surface area contributed by atoms with E-state index in [-0.39, 0.29) is 10.9 Å². The number of ketones is 1. The van der Waals surface area contributed by atoms with Crippen LogP contribution < -0.4 is 0 Å². The molecule has 22 heavy (non-hydrogen) atoms. The van der Waals surface area contributed by atoms with Gasteiger partial charge in [-0.15, -0.1) is 0 Å². The molecule has 2 nitrogen and oxygen atoms in total. The van der Waals surface area contributed by atoms with E-state index in [0.29, 0.717) is 5.78 Å². The van der Waals surface area contributed by atoms with Crippen molar-refractivity contribution in [1.82, 2.24) is 4.90 Å². The van der Waals surface area contributed by atoms with Gasteiger partial charge in [-0.2, -0.15) is 0 Å². The number of rotatable bonds is 5. The van der Waals surface area contributed by atoms with Gasteiger partial charge in [-0.25, -0.2) is 0 Å². The fraction of sp³-hybridized carbons (Fsp3) is 0.421. The van der Waals surface area contributed by atoms with E-state index in [1.165, 1.54) is 42.9 Å². The third-order valence-corrected chi connectivity index (χ3v) is 6.53. The van der Waals surface area contributed by atoms with E-state index < -0.39 is 0 Å².